The van der Waals surface area contributed by atoms with Gasteiger partial charge in [-0.3, -0.25) is 0 Å². The molecular formula is C16H17ClFNO. The Balaban J connectivity index is 2.09. The maximum atomic E-state index is 14.0. The number of halogens is 2. The summed E-state index contributed by atoms with van der Waals surface area (Å²) in [5.41, 5.74) is 8.26. The molecule has 0 saturated carbocycles. The topological polar surface area (TPSA) is 35.2 Å². The molecule has 0 aliphatic rings. The van der Waals surface area contributed by atoms with Gasteiger partial charge in [0.15, 0.2) is 0 Å². The molecular weight excluding hydrogens is 277 g/mol. The molecule has 4 heteroatoms. The minimum atomic E-state index is -0.508. The Labute approximate surface area is 123 Å². The zero-order chi connectivity index (χ0) is 14.7. The summed E-state index contributed by atoms with van der Waals surface area (Å²) in [7, 11) is 0. The van der Waals surface area contributed by atoms with E-state index in [9.17, 15) is 4.39 Å². The van der Waals surface area contributed by atoms with Crippen molar-refractivity contribution in [2.75, 3.05) is 6.61 Å². The molecule has 106 valence electrons. The van der Waals surface area contributed by atoms with Crippen molar-refractivity contribution in [1.29, 1.82) is 0 Å². The van der Waals surface area contributed by atoms with Gasteiger partial charge in [-0.15, -0.1) is 0 Å². The van der Waals surface area contributed by atoms with E-state index in [0.717, 1.165) is 11.1 Å². The van der Waals surface area contributed by atoms with E-state index in [1.807, 2.05) is 19.9 Å². The van der Waals surface area contributed by atoms with Crippen LogP contribution in [0, 0.1) is 19.7 Å². The van der Waals surface area contributed by atoms with Gasteiger partial charge in [0.25, 0.3) is 0 Å². The quantitative estimate of drug-likeness (QED) is 0.918. The summed E-state index contributed by atoms with van der Waals surface area (Å²) >= 11 is 5.80. The van der Waals surface area contributed by atoms with E-state index >= 15 is 0 Å². The number of nitrogens with two attached hydrogens (primary N) is 1. The molecule has 2 rings (SSSR count). The summed E-state index contributed by atoms with van der Waals surface area (Å²) in [6.07, 6.45) is 0. The first-order valence-electron chi connectivity index (χ1n) is 6.38. The van der Waals surface area contributed by atoms with Crippen LogP contribution >= 0.6 is 11.6 Å². The molecule has 2 N–H and O–H groups in total. The Kier molecular flexibility index (Phi) is 4.63. The molecule has 0 fully saturated rings. The molecule has 2 aromatic rings. The predicted octanol–water partition coefficient (Wildman–Crippen LogP) is 4.17. The van der Waals surface area contributed by atoms with Crippen molar-refractivity contribution in [1.82, 2.24) is 0 Å². The van der Waals surface area contributed by atoms with Crippen LogP contribution in [0.1, 0.15) is 22.7 Å². The summed E-state index contributed by atoms with van der Waals surface area (Å²) < 4.78 is 19.6. The number of hydrogen-bond acceptors (Lipinski definition) is 2. The van der Waals surface area contributed by atoms with Crippen LogP contribution in [0.3, 0.4) is 0 Å². The van der Waals surface area contributed by atoms with Gasteiger partial charge in [0.05, 0.1) is 6.04 Å². The van der Waals surface area contributed by atoms with Gasteiger partial charge in [-0.25, -0.2) is 4.39 Å². The average molecular weight is 294 g/mol. The molecule has 2 aromatic carbocycles. The van der Waals surface area contributed by atoms with Crippen LogP contribution < -0.4 is 10.5 Å². The summed E-state index contributed by atoms with van der Waals surface area (Å²) in [4.78, 5) is 0. The summed E-state index contributed by atoms with van der Waals surface area (Å²) in [5, 5.41) is 0.641. The minimum Gasteiger partial charge on any atom is -0.492 e. The lowest BCUT2D eigenvalue weighted by Crippen LogP contribution is -2.21. The van der Waals surface area contributed by atoms with E-state index in [-0.39, 0.29) is 12.4 Å². The lowest BCUT2D eigenvalue weighted by Gasteiger charge is -2.17. The van der Waals surface area contributed by atoms with Crippen LogP contribution in [-0.4, -0.2) is 6.61 Å². The largest absolute Gasteiger partial charge is 0.492 e. The third-order valence-electron chi connectivity index (χ3n) is 3.09. The first kappa shape index (κ1) is 14.8. The second-order valence-electron chi connectivity index (χ2n) is 4.85. The molecule has 0 bridgehead atoms. The smallest absolute Gasteiger partial charge is 0.128 e. The molecule has 0 aliphatic heterocycles. The predicted molar refractivity (Wildman–Crippen MR) is 79.7 cm³/mol. The van der Waals surface area contributed by atoms with E-state index in [2.05, 4.69) is 0 Å². The van der Waals surface area contributed by atoms with Crippen LogP contribution in [0.4, 0.5) is 4.39 Å². The molecule has 1 unspecified atom stereocenters. The van der Waals surface area contributed by atoms with E-state index < -0.39 is 6.04 Å². The van der Waals surface area contributed by atoms with Crippen molar-refractivity contribution in [3.63, 3.8) is 0 Å². The van der Waals surface area contributed by atoms with Crippen LogP contribution in [0.2, 0.25) is 5.02 Å². The summed E-state index contributed by atoms with van der Waals surface area (Å²) in [5.74, 6) is 0.379. The molecule has 0 heterocycles. The van der Waals surface area contributed by atoms with Gasteiger partial charge in [0.2, 0.25) is 0 Å². The zero-order valence-corrected chi connectivity index (χ0v) is 12.2. The van der Waals surface area contributed by atoms with Crippen molar-refractivity contribution >= 4 is 11.6 Å². The van der Waals surface area contributed by atoms with Crippen LogP contribution in [0.15, 0.2) is 36.4 Å². The molecule has 0 amide bonds. The van der Waals surface area contributed by atoms with Crippen LogP contribution in [0.5, 0.6) is 5.75 Å². The highest BCUT2D eigenvalue weighted by atomic mass is 35.5. The highest BCUT2D eigenvalue weighted by Gasteiger charge is 2.15. The molecule has 0 aliphatic carbocycles. The Morgan fingerprint density at radius 2 is 1.85 bits per heavy atom. The zero-order valence-electron chi connectivity index (χ0n) is 11.5. The number of benzene rings is 2. The first-order chi connectivity index (χ1) is 9.47. The number of rotatable bonds is 4. The van der Waals surface area contributed by atoms with Crippen molar-refractivity contribution in [2.45, 2.75) is 19.9 Å². The van der Waals surface area contributed by atoms with Crippen LogP contribution in [0.25, 0.3) is 0 Å². The van der Waals surface area contributed by atoms with Gasteiger partial charge in [-0.2, -0.15) is 0 Å². The lowest BCUT2D eigenvalue weighted by atomic mass is 9.99. The molecule has 0 aromatic heterocycles. The highest BCUT2D eigenvalue weighted by molar-refractivity contribution is 6.30. The lowest BCUT2D eigenvalue weighted by molar-refractivity contribution is 0.287. The van der Waals surface area contributed by atoms with Gasteiger partial charge in [0, 0.05) is 10.6 Å². The van der Waals surface area contributed by atoms with Gasteiger partial charge in [-0.1, -0.05) is 17.7 Å². The highest BCUT2D eigenvalue weighted by Crippen LogP contribution is 2.23. The molecule has 1 atom stereocenters. The van der Waals surface area contributed by atoms with E-state index in [4.69, 9.17) is 22.1 Å². The average Bonchev–Trinajstić information content (AvgIpc) is 2.37. The monoisotopic (exact) mass is 293 g/mol. The van der Waals surface area contributed by atoms with Crippen LogP contribution in [-0.2, 0) is 0 Å². The third-order valence-corrected chi connectivity index (χ3v) is 3.35. The fraction of sp³-hybridized carbons (Fsp3) is 0.250. The van der Waals surface area contributed by atoms with Crippen molar-refractivity contribution in [3.05, 3.63) is 63.9 Å². The van der Waals surface area contributed by atoms with Crippen molar-refractivity contribution in [3.8, 4) is 5.75 Å². The fourth-order valence-corrected chi connectivity index (χ4v) is 2.32. The molecule has 2 nitrogen and oxygen atoms in total. The second-order valence-corrected chi connectivity index (χ2v) is 5.29. The number of ether oxygens (including phenoxy) is 1. The maximum absolute atomic E-state index is 14.0. The summed E-state index contributed by atoms with van der Waals surface area (Å²) in [6.45, 7) is 3.92. The normalized spacial score (nSPS) is 12.2. The fourth-order valence-electron chi connectivity index (χ4n) is 2.20. The molecule has 0 spiro atoms. The Morgan fingerprint density at radius 1 is 1.20 bits per heavy atom. The second kappa shape index (κ2) is 6.25. The van der Waals surface area contributed by atoms with Crippen molar-refractivity contribution < 1.29 is 9.13 Å². The Morgan fingerprint density at radius 3 is 2.45 bits per heavy atom. The van der Waals surface area contributed by atoms with Gasteiger partial charge < -0.3 is 10.5 Å². The Hall–Kier alpha value is -1.58. The standard InChI is InChI=1S/C16H17ClFNO/c1-10-7-11(2)16(14(18)8-10)15(19)9-20-13-5-3-12(17)4-6-13/h3-8,15H,9,19H2,1-2H3. The number of aryl methyl sites for hydroxylation is 2. The molecule has 20 heavy (non-hydrogen) atoms. The van der Waals surface area contributed by atoms with E-state index in [0.29, 0.717) is 16.3 Å². The van der Waals surface area contributed by atoms with Crippen molar-refractivity contribution in [2.24, 2.45) is 5.73 Å². The molecule has 0 radical (unpaired) electrons. The van der Waals surface area contributed by atoms with E-state index in [1.54, 1.807) is 24.3 Å². The summed E-state index contributed by atoms with van der Waals surface area (Å²) in [6, 6.07) is 9.89. The van der Waals surface area contributed by atoms with Gasteiger partial charge in [0.1, 0.15) is 18.2 Å². The van der Waals surface area contributed by atoms with Gasteiger partial charge >= 0.3 is 0 Å². The third kappa shape index (κ3) is 3.50. The minimum absolute atomic E-state index is 0.211. The Bertz CT molecular complexity index is 575. The first-order valence-corrected chi connectivity index (χ1v) is 6.76. The SMILES string of the molecule is Cc1cc(C)c(C(N)COc2ccc(Cl)cc2)c(F)c1. The number of hydrogen-bond donors (Lipinski definition) is 1. The molecule has 0 saturated heterocycles. The van der Waals surface area contributed by atoms with Gasteiger partial charge in [-0.05, 0) is 55.3 Å². The maximum Gasteiger partial charge on any atom is 0.128 e. The van der Waals surface area contributed by atoms with E-state index in [1.165, 1.54) is 6.07 Å².